The Balaban J connectivity index is 1.90. The standard InChI is InChI=1S/C17H18O4S/c1-3-15-6-4-5-7-17(15)20-12-13-21-22(18,19)16-10-8-14(2)9-11-16/h3-11H,1,12-13H2,2H3. The summed E-state index contributed by atoms with van der Waals surface area (Å²) in [5, 5.41) is 0. The zero-order valence-electron chi connectivity index (χ0n) is 12.4. The maximum absolute atomic E-state index is 12.0. The van der Waals surface area contributed by atoms with E-state index >= 15 is 0 Å². The molecule has 2 aromatic rings. The molecule has 22 heavy (non-hydrogen) atoms. The van der Waals surface area contributed by atoms with Gasteiger partial charge in [-0.3, -0.25) is 4.18 Å². The van der Waals surface area contributed by atoms with Crippen LogP contribution < -0.4 is 4.74 Å². The maximum atomic E-state index is 12.0. The van der Waals surface area contributed by atoms with E-state index in [1.165, 1.54) is 12.1 Å². The minimum absolute atomic E-state index is 0.0539. The number of benzene rings is 2. The fourth-order valence-electron chi connectivity index (χ4n) is 1.85. The van der Waals surface area contributed by atoms with Gasteiger partial charge in [0, 0.05) is 5.56 Å². The molecule has 0 radical (unpaired) electrons. The van der Waals surface area contributed by atoms with Gasteiger partial charge in [0.15, 0.2) is 0 Å². The molecule has 0 saturated carbocycles. The first-order valence-electron chi connectivity index (χ1n) is 6.83. The van der Waals surface area contributed by atoms with Gasteiger partial charge in [-0.25, -0.2) is 0 Å². The van der Waals surface area contributed by atoms with Crippen molar-refractivity contribution in [2.75, 3.05) is 13.2 Å². The van der Waals surface area contributed by atoms with Gasteiger partial charge >= 0.3 is 0 Å². The first-order chi connectivity index (χ1) is 10.5. The molecule has 0 amide bonds. The maximum Gasteiger partial charge on any atom is 0.297 e. The first-order valence-corrected chi connectivity index (χ1v) is 8.24. The summed E-state index contributed by atoms with van der Waals surface area (Å²) in [6, 6.07) is 13.9. The van der Waals surface area contributed by atoms with E-state index in [4.69, 9.17) is 8.92 Å². The van der Waals surface area contributed by atoms with Crippen molar-refractivity contribution in [2.45, 2.75) is 11.8 Å². The van der Waals surface area contributed by atoms with Crippen LogP contribution in [0.15, 0.2) is 60.0 Å². The highest BCUT2D eigenvalue weighted by molar-refractivity contribution is 7.86. The van der Waals surface area contributed by atoms with Crippen molar-refractivity contribution < 1.29 is 17.3 Å². The van der Waals surface area contributed by atoms with Gasteiger partial charge in [0.05, 0.1) is 4.90 Å². The minimum atomic E-state index is -3.75. The van der Waals surface area contributed by atoms with Crippen LogP contribution in [0.5, 0.6) is 5.75 Å². The molecule has 4 nitrogen and oxygen atoms in total. The van der Waals surface area contributed by atoms with Crippen LogP contribution in [0.4, 0.5) is 0 Å². The monoisotopic (exact) mass is 318 g/mol. The molecule has 5 heteroatoms. The summed E-state index contributed by atoms with van der Waals surface area (Å²) in [6.45, 7) is 5.67. The summed E-state index contributed by atoms with van der Waals surface area (Å²) in [5.41, 5.74) is 1.84. The molecule has 0 N–H and O–H groups in total. The fraction of sp³-hybridized carbons (Fsp3) is 0.176. The van der Waals surface area contributed by atoms with E-state index in [2.05, 4.69) is 6.58 Å². The van der Waals surface area contributed by atoms with Gasteiger partial charge < -0.3 is 4.74 Å². The molecular formula is C17H18O4S. The molecule has 0 spiro atoms. The molecule has 2 rings (SSSR count). The number of hydrogen-bond donors (Lipinski definition) is 0. The average Bonchev–Trinajstić information content (AvgIpc) is 2.52. The van der Waals surface area contributed by atoms with Crippen molar-refractivity contribution in [1.82, 2.24) is 0 Å². The van der Waals surface area contributed by atoms with Crippen LogP contribution in [0.2, 0.25) is 0 Å². The molecule has 116 valence electrons. The summed E-state index contributed by atoms with van der Waals surface area (Å²) in [7, 11) is -3.75. The van der Waals surface area contributed by atoms with Crippen LogP contribution in [-0.4, -0.2) is 21.6 Å². The van der Waals surface area contributed by atoms with Crippen molar-refractivity contribution in [3.8, 4) is 5.75 Å². The molecule has 0 aliphatic heterocycles. The Morgan fingerprint density at radius 1 is 1.05 bits per heavy atom. The topological polar surface area (TPSA) is 52.6 Å². The van der Waals surface area contributed by atoms with E-state index in [0.29, 0.717) is 5.75 Å². The normalized spacial score (nSPS) is 11.1. The summed E-state index contributed by atoms with van der Waals surface area (Å²) in [6.07, 6.45) is 1.68. The molecule has 0 aliphatic carbocycles. The summed E-state index contributed by atoms with van der Waals surface area (Å²) < 4.78 is 34.5. The van der Waals surface area contributed by atoms with Crippen LogP contribution in [-0.2, 0) is 14.3 Å². The summed E-state index contributed by atoms with van der Waals surface area (Å²) in [5.74, 6) is 0.647. The van der Waals surface area contributed by atoms with Crippen molar-refractivity contribution in [3.63, 3.8) is 0 Å². The fourth-order valence-corrected chi connectivity index (χ4v) is 2.74. The third-order valence-corrected chi connectivity index (χ3v) is 4.35. The first kappa shape index (κ1) is 16.3. The van der Waals surface area contributed by atoms with Crippen molar-refractivity contribution in [2.24, 2.45) is 0 Å². The van der Waals surface area contributed by atoms with Crippen LogP contribution in [0.25, 0.3) is 6.08 Å². The van der Waals surface area contributed by atoms with Gasteiger partial charge in [-0.2, -0.15) is 8.42 Å². The van der Waals surface area contributed by atoms with E-state index in [0.717, 1.165) is 11.1 Å². The Labute approximate surface area is 131 Å². The summed E-state index contributed by atoms with van der Waals surface area (Å²) >= 11 is 0. The SMILES string of the molecule is C=Cc1ccccc1OCCOS(=O)(=O)c1ccc(C)cc1. The van der Waals surface area contributed by atoms with Crippen LogP contribution in [0.1, 0.15) is 11.1 Å². The van der Waals surface area contributed by atoms with Gasteiger partial charge in [0.2, 0.25) is 0 Å². The number of ether oxygens (including phenoxy) is 1. The molecule has 2 aromatic carbocycles. The smallest absolute Gasteiger partial charge is 0.297 e. The molecule has 0 bridgehead atoms. The highest BCUT2D eigenvalue weighted by Crippen LogP contribution is 2.19. The van der Waals surface area contributed by atoms with E-state index in [-0.39, 0.29) is 18.1 Å². The van der Waals surface area contributed by atoms with Crippen LogP contribution in [0.3, 0.4) is 0 Å². The lowest BCUT2D eigenvalue weighted by Gasteiger charge is -2.10. The largest absolute Gasteiger partial charge is 0.491 e. The van der Waals surface area contributed by atoms with Crippen LogP contribution in [0, 0.1) is 6.92 Å². The lowest BCUT2D eigenvalue weighted by molar-refractivity contribution is 0.221. The van der Waals surface area contributed by atoms with Crippen molar-refractivity contribution in [1.29, 1.82) is 0 Å². The molecular weight excluding hydrogens is 300 g/mol. The van der Waals surface area contributed by atoms with Crippen molar-refractivity contribution in [3.05, 3.63) is 66.2 Å². The van der Waals surface area contributed by atoms with Gasteiger partial charge in [0.25, 0.3) is 10.1 Å². The van der Waals surface area contributed by atoms with Crippen LogP contribution >= 0.6 is 0 Å². The second-order valence-corrected chi connectivity index (χ2v) is 6.29. The lowest BCUT2D eigenvalue weighted by Crippen LogP contribution is -2.13. The van der Waals surface area contributed by atoms with Gasteiger partial charge in [-0.1, -0.05) is 48.6 Å². The Morgan fingerprint density at radius 3 is 2.41 bits per heavy atom. The van der Waals surface area contributed by atoms with E-state index < -0.39 is 10.1 Å². The van der Waals surface area contributed by atoms with Crippen molar-refractivity contribution >= 4 is 16.2 Å². The zero-order chi connectivity index (χ0) is 16.0. The Morgan fingerprint density at radius 2 is 1.73 bits per heavy atom. The van der Waals surface area contributed by atoms with E-state index in [1.807, 2.05) is 25.1 Å². The molecule has 0 aromatic heterocycles. The zero-order valence-corrected chi connectivity index (χ0v) is 13.2. The van der Waals surface area contributed by atoms with Gasteiger partial charge in [-0.15, -0.1) is 0 Å². The summed E-state index contributed by atoms with van der Waals surface area (Å²) in [4.78, 5) is 0.143. The Hall–Kier alpha value is -2.11. The molecule has 0 aliphatic rings. The minimum Gasteiger partial charge on any atom is -0.491 e. The molecule has 0 saturated heterocycles. The molecule has 0 fully saturated rings. The Kier molecular flexibility index (Phi) is 5.35. The number of hydrogen-bond acceptors (Lipinski definition) is 4. The molecule has 0 atom stereocenters. The highest BCUT2D eigenvalue weighted by atomic mass is 32.2. The number of para-hydroxylation sites is 1. The average molecular weight is 318 g/mol. The van der Waals surface area contributed by atoms with Gasteiger partial charge in [0.1, 0.15) is 19.0 Å². The third-order valence-electron chi connectivity index (χ3n) is 3.03. The quantitative estimate of drug-likeness (QED) is 0.580. The predicted octanol–water partition coefficient (Wildman–Crippen LogP) is 3.42. The number of rotatable bonds is 7. The lowest BCUT2D eigenvalue weighted by atomic mass is 10.2. The number of aryl methyl sites for hydroxylation is 1. The highest BCUT2D eigenvalue weighted by Gasteiger charge is 2.14. The second kappa shape index (κ2) is 7.24. The second-order valence-electron chi connectivity index (χ2n) is 4.68. The van der Waals surface area contributed by atoms with E-state index in [1.54, 1.807) is 24.3 Å². The predicted molar refractivity (Wildman–Crippen MR) is 86.3 cm³/mol. The van der Waals surface area contributed by atoms with E-state index in [9.17, 15) is 8.42 Å². The Bertz CT molecular complexity index is 734. The molecule has 0 unspecified atom stereocenters. The molecule has 0 heterocycles. The third kappa shape index (κ3) is 4.19. The van der Waals surface area contributed by atoms with Gasteiger partial charge in [-0.05, 0) is 25.1 Å².